The fourth-order valence-electron chi connectivity index (χ4n) is 7.30. The number of hydrogen-bond donors (Lipinski definition) is 0. The van der Waals surface area contributed by atoms with Crippen LogP contribution in [-0.4, -0.2) is 0 Å². The predicted octanol–water partition coefficient (Wildman–Crippen LogP) is 7.25. The monoisotopic (exact) mass is 422 g/mol. The van der Waals surface area contributed by atoms with Gasteiger partial charge in [-0.25, -0.2) is 0 Å². The third kappa shape index (κ3) is 1.91. The zero-order valence-corrected chi connectivity index (χ0v) is 18.1. The van der Waals surface area contributed by atoms with Crippen molar-refractivity contribution in [1.82, 2.24) is 0 Å². The van der Waals surface area contributed by atoms with Gasteiger partial charge in [0.1, 0.15) is 11.2 Å². The van der Waals surface area contributed by atoms with E-state index in [1.165, 1.54) is 44.2 Å². The van der Waals surface area contributed by atoms with Gasteiger partial charge in [-0.15, -0.1) is 0 Å². The highest BCUT2D eigenvalue weighted by Crippen LogP contribution is 2.76. The standard InChI is InChI=1S/C32H22O/c1-3-13-22(14-4-1)31-26-19-7-8-20-27(26)32(33-31,23-15-5-2-6-16-23)30-25-18-10-12-21-11-9-17-24(28(21)25)29(30)31/h1-20,29-30H/t29-,30+,31-,32+. The van der Waals surface area contributed by atoms with Gasteiger partial charge in [0, 0.05) is 11.8 Å². The molecule has 0 aromatic heterocycles. The molecule has 8 rings (SSSR count). The smallest absolute Gasteiger partial charge is 0.128 e. The van der Waals surface area contributed by atoms with E-state index in [1.54, 1.807) is 0 Å². The Bertz CT molecular complexity index is 1440. The van der Waals surface area contributed by atoms with Gasteiger partial charge in [0.2, 0.25) is 0 Å². The molecule has 1 aliphatic carbocycles. The van der Waals surface area contributed by atoms with E-state index < -0.39 is 11.2 Å². The summed E-state index contributed by atoms with van der Waals surface area (Å²) < 4.78 is 7.55. The van der Waals surface area contributed by atoms with Crippen molar-refractivity contribution in [2.45, 2.75) is 23.0 Å². The summed E-state index contributed by atoms with van der Waals surface area (Å²) >= 11 is 0. The van der Waals surface area contributed by atoms with Crippen molar-refractivity contribution >= 4 is 10.8 Å². The first-order chi connectivity index (χ1) is 16.4. The SMILES string of the molecule is c1ccc([C@@]23O[C@@](c4ccccc4)(c4ccccc42)[C@H]2c4cccc5cccc(c45)[C@H]23)cc1. The van der Waals surface area contributed by atoms with Gasteiger partial charge in [-0.3, -0.25) is 0 Å². The molecule has 1 saturated heterocycles. The minimum absolute atomic E-state index is 0.219. The average molecular weight is 423 g/mol. The van der Waals surface area contributed by atoms with E-state index in [-0.39, 0.29) is 11.8 Å². The first-order valence-electron chi connectivity index (χ1n) is 11.8. The van der Waals surface area contributed by atoms with Crippen LogP contribution in [0.4, 0.5) is 0 Å². The normalized spacial score (nSPS) is 28.1. The molecule has 0 spiro atoms. The van der Waals surface area contributed by atoms with Gasteiger partial charge in [-0.1, -0.05) is 121 Å². The first-order valence-corrected chi connectivity index (χ1v) is 11.8. The molecule has 0 N–H and O–H groups in total. The zero-order chi connectivity index (χ0) is 21.6. The highest BCUT2D eigenvalue weighted by atomic mass is 16.5. The van der Waals surface area contributed by atoms with Crippen molar-refractivity contribution in [2.24, 2.45) is 0 Å². The molecule has 3 aliphatic rings. The quantitative estimate of drug-likeness (QED) is 0.291. The largest absolute Gasteiger partial charge is 0.348 e. The molecule has 4 atom stereocenters. The molecule has 5 aromatic rings. The lowest BCUT2D eigenvalue weighted by Gasteiger charge is -2.38. The number of benzene rings is 5. The minimum atomic E-state index is -0.522. The lowest BCUT2D eigenvalue weighted by molar-refractivity contribution is -0.0480. The molecule has 33 heavy (non-hydrogen) atoms. The van der Waals surface area contributed by atoms with E-state index in [0.717, 1.165) is 0 Å². The minimum Gasteiger partial charge on any atom is -0.348 e. The molecule has 156 valence electrons. The lowest BCUT2D eigenvalue weighted by Crippen LogP contribution is -2.35. The molecule has 0 amide bonds. The topological polar surface area (TPSA) is 9.23 Å². The lowest BCUT2D eigenvalue weighted by atomic mass is 9.60. The Hall–Kier alpha value is -3.68. The van der Waals surface area contributed by atoms with E-state index >= 15 is 0 Å². The van der Waals surface area contributed by atoms with Crippen LogP contribution in [0.1, 0.15) is 45.2 Å². The molecular formula is C32H22O. The molecular weight excluding hydrogens is 400 g/mol. The Morgan fingerprint density at radius 1 is 0.455 bits per heavy atom. The van der Waals surface area contributed by atoms with Gasteiger partial charge in [-0.05, 0) is 44.2 Å². The summed E-state index contributed by atoms with van der Waals surface area (Å²) in [5, 5.41) is 2.75. The van der Waals surface area contributed by atoms with Crippen LogP contribution >= 0.6 is 0 Å². The maximum atomic E-state index is 7.55. The third-order valence-corrected chi connectivity index (χ3v) is 8.30. The highest BCUT2D eigenvalue weighted by Gasteiger charge is 2.73. The maximum Gasteiger partial charge on any atom is 0.128 e. The fraction of sp³-hybridized carbons (Fsp3) is 0.125. The summed E-state index contributed by atoms with van der Waals surface area (Å²) in [6, 6.07) is 44.4. The summed E-state index contributed by atoms with van der Waals surface area (Å²) in [6.07, 6.45) is 0. The number of rotatable bonds is 2. The van der Waals surface area contributed by atoms with Gasteiger partial charge >= 0.3 is 0 Å². The van der Waals surface area contributed by atoms with Crippen molar-refractivity contribution in [3.05, 3.63) is 155 Å². The Morgan fingerprint density at radius 3 is 1.39 bits per heavy atom. The Balaban J connectivity index is 1.57. The van der Waals surface area contributed by atoms with E-state index in [4.69, 9.17) is 4.74 Å². The Kier molecular flexibility index (Phi) is 3.24. The Labute approximate surface area is 193 Å². The van der Waals surface area contributed by atoms with Crippen molar-refractivity contribution < 1.29 is 4.74 Å². The molecule has 1 heteroatoms. The number of hydrogen-bond acceptors (Lipinski definition) is 1. The molecule has 5 aromatic carbocycles. The summed E-state index contributed by atoms with van der Waals surface area (Å²) in [5.74, 6) is 0.437. The Morgan fingerprint density at radius 2 is 0.909 bits per heavy atom. The van der Waals surface area contributed by atoms with Gasteiger partial charge in [0.25, 0.3) is 0 Å². The molecule has 0 unspecified atom stereocenters. The molecule has 2 bridgehead atoms. The molecule has 1 fully saturated rings. The predicted molar refractivity (Wildman–Crippen MR) is 131 cm³/mol. The zero-order valence-electron chi connectivity index (χ0n) is 18.1. The van der Waals surface area contributed by atoms with Gasteiger partial charge in [0.15, 0.2) is 0 Å². The molecule has 2 aliphatic heterocycles. The van der Waals surface area contributed by atoms with Crippen molar-refractivity contribution in [1.29, 1.82) is 0 Å². The maximum absolute atomic E-state index is 7.55. The summed E-state index contributed by atoms with van der Waals surface area (Å²) in [4.78, 5) is 0. The van der Waals surface area contributed by atoms with Crippen LogP contribution in [0.25, 0.3) is 10.8 Å². The summed E-state index contributed by atoms with van der Waals surface area (Å²) in [6.45, 7) is 0. The van der Waals surface area contributed by atoms with Gasteiger partial charge < -0.3 is 4.74 Å². The molecule has 2 heterocycles. The molecule has 0 saturated carbocycles. The van der Waals surface area contributed by atoms with Crippen LogP contribution < -0.4 is 0 Å². The number of ether oxygens (including phenoxy) is 1. The summed E-state index contributed by atoms with van der Waals surface area (Å²) in [5.41, 5.74) is 6.91. The second-order valence-corrected chi connectivity index (χ2v) is 9.60. The highest BCUT2D eigenvalue weighted by molar-refractivity contribution is 5.94. The second-order valence-electron chi connectivity index (χ2n) is 9.60. The van der Waals surface area contributed by atoms with Crippen LogP contribution in [0.5, 0.6) is 0 Å². The average Bonchev–Trinajstić information content (AvgIpc) is 3.51. The van der Waals surface area contributed by atoms with Crippen LogP contribution in [0.15, 0.2) is 121 Å². The van der Waals surface area contributed by atoms with E-state index in [2.05, 4.69) is 121 Å². The van der Waals surface area contributed by atoms with E-state index in [1.807, 2.05) is 0 Å². The fourth-order valence-corrected chi connectivity index (χ4v) is 7.30. The van der Waals surface area contributed by atoms with E-state index in [9.17, 15) is 0 Å². The van der Waals surface area contributed by atoms with Crippen LogP contribution in [0.2, 0.25) is 0 Å². The second kappa shape index (κ2) is 6.01. The van der Waals surface area contributed by atoms with Crippen molar-refractivity contribution in [2.75, 3.05) is 0 Å². The summed E-state index contributed by atoms with van der Waals surface area (Å²) in [7, 11) is 0. The van der Waals surface area contributed by atoms with Crippen LogP contribution in [0, 0.1) is 0 Å². The van der Waals surface area contributed by atoms with Crippen LogP contribution in [0.3, 0.4) is 0 Å². The van der Waals surface area contributed by atoms with Gasteiger partial charge in [0.05, 0.1) is 0 Å². The van der Waals surface area contributed by atoms with Crippen LogP contribution in [-0.2, 0) is 15.9 Å². The van der Waals surface area contributed by atoms with Crippen molar-refractivity contribution in [3.8, 4) is 0 Å². The number of fused-ring (bicyclic) bond motifs is 10. The molecule has 1 nitrogen and oxygen atoms in total. The van der Waals surface area contributed by atoms with Crippen molar-refractivity contribution in [3.63, 3.8) is 0 Å². The van der Waals surface area contributed by atoms with E-state index in [0.29, 0.717) is 0 Å². The molecule has 0 radical (unpaired) electrons. The third-order valence-electron chi connectivity index (χ3n) is 8.30. The van der Waals surface area contributed by atoms with Gasteiger partial charge in [-0.2, -0.15) is 0 Å². The first kappa shape index (κ1) is 17.8.